The zero-order chi connectivity index (χ0) is 20.8. The number of aromatic hydroxyl groups is 1. The molecule has 0 aliphatic carbocycles. The number of nitro benzene ring substituents is 2. The minimum absolute atomic E-state index is 0.0260. The lowest BCUT2D eigenvalue weighted by molar-refractivity contribution is -0.396. The normalized spacial score (nSPS) is 10.9. The highest BCUT2D eigenvalue weighted by atomic mass is 16.6. The summed E-state index contributed by atoms with van der Waals surface area (Å²) in [5, 5.41) is 32.0. The molecule has 0 amide bonds. The van der Waals surface area contributed by atoms with Crippen LogP contribution < -0.4 is 0 Å². The molecule has 28 heavy (non-hydrogen) atoms. The molecule has 0 aliphatic rings. The van der Waals surface area contributed by atoms with Gasteiger partial charge in [-0.1, -0.05) is 84.0 Å². The molecule has 0 aliphatic heterocycles. The van der Waals surface area contributed by atoms with Crippen LogP contribution in [0.1, 0.15) is 96.0 Å². The zero-order valence-corrected chi connectivity index (χ0v) is 17.0. The van der Waals surface area contributed by atoms with Crippen LogP contribution in [0.3, 0.4) is 0 Å². The van der Waals surface area contributed by atoms with Crippen LogP contribution in [0.5, 0.6) is 5.75 Å². The Kier molecular flexibility index (Phi) is 11.9. The lowest BCUT2D eigenvalue weighted by atomic mass is 10.0. The molecule has 0 radical (unpaired) electrons. The minimum Gasteiger partial charge on any atom is -0.502 e. The van der Waals surface area contributed by atoms with E-state index in [1.165, 1.54) is 57.8 Å². The van der Waals surface area contributed by atoms with Gasteiger partial charge in [0.15, 0.2) is 5.75 Å². The van der Waals surface area contributed by atoms with Gasteiger partial charge in [0.1, 0.15) is 5.56 Å². The van der Waals surface area contributed by atoms with Crippen molar-refractivity contribution in [2.75, 3.05) is 0 Å². The van der Waals surface area contributed by atoms with Crippen LogP contribution in [0.4, 0.5) is 11.4 Å². The number of benzene rings is 1. The van der Waals surface area contributed by atoms with Crippen LogP contribution in [-0.4, -0.2) is 15.0 Å². The Bertz CT molecular complexity index is 619. The van der Waals surface area contributed by atoms with Gasteiger partial charge < -0.3 is 5.11 Å². The molecule has 1 aromatic carbocycles. The third-order valence-electron chi connectivity index (χ3n) is 5.15. The highest BCUT2D eigenvalue weighted by Crippen LogP contribution is 2.37. The summed E-state index contributed by atoms with van der Waals surface area (Å²) in [6.07, 6.45) is 15.6. The first-order valence-electron chi connectivity index (χ1n) is 10.6. The average Bonchev–Trinajstić information content (AvgIpc) is 2.65. The molecule has 0 spiro atoms. The van der Waals surface area contributed by atoms with Gasteiger partial charge in [0.2, 0.25) is 0 Å². The summed E-state index contributed by atoms with van der Waals surface area (Å²) in [7, 11) is 0. The monoisotopic (exact) mass is 394 g/mol. The maximum absolute atomic E-state index is 11.2. The Labute approximate surface area is 167 Å². The Balaban J connectivity index is 2.25. The minimum atomic E-state index is -0.736. The van der Waals surface area contributed by atoms with E-state index in [1.54, 1.807) is 0 Å². The van der Waals surface area contributed by atoms with Crippen LogP contribution in [0.25, 0.3) is 0 Å². The van der Waals surface area contributed by atoms with Crippen molar-refractivity contribution in [3.63, 3.8) is 0 Å². The SMILES string of the molecule is CCCCCCCCCCCCCCCc1c([N+](=O)[O-])ccc(O)c1[N+](=O)[O-]. The third kappa shape index (κ3) is 8.67. The lowest BCUT2D eigenvalue weighted by Gasteiger charge is -2.06. The van der Waals surface area contributed by atoms with Crippen LogP contribution in [0.2, 0.25) is 0 Å². The van der Waals surface area contributed by atoms with Crippen molar-refractivity contribution in [1.29, 1.82) is 0 Å². The summed E-state index contributed by atoms with van der Waals surface area (Å²) in [4.78, 5) is 21.0. The van der Waals surface area contributed by atoms with Gasteiger partial charge in [0.25, 0.3) is 5.69 Å². The Morgan fingerprint density at radius 2 is 1.21 bits per heavy atom. The number of unbranched alkanes of at least 4 members (excludes halogenated alkanes) is 12. The van der Waals surface area contributed by atoms with Gasteiger partial charge in [-0.2, -0.15) is 0 Å². The van der Waals surface area contributed by atoms with Crippen molar-refractivity contribution in [3.05, 3.63) is 37.9 Å². The van der Waals surface area contributed by atoms with E-state index in [-0.39, 0.29) is 17.7 Å². The number of nitro groups is 2. The molecule has 0 saturated heterocycles. The van der Waals surface area contributed by atoms with Crippen LogP contribution in [0.15, 0.2) is 12.1 Å². The van der Waals surface area contributed by atoms with E-state index in [1.807, 2.05) is 0 Å². The van der Waals surface area contributed by atoms with Crippen LogP contribution in [0, 0.1) is 20.2 Å². The molecule has 1 rings (SSSR count). The Hall–Kier alpha value is -2.18. The largest absolute Gasteiger partial charge is 0.502 e. The molecule has 0 atom stereocenters. The van der Waals surface area contributed by atoms with Crippen molar-refractivity contribution in [1.82, 2.24) is 0 Å². The average molecular weight is 395 g/mol. The highest BCUT2D eigenvalue weighted by molar-refractivity contribution is 5.61. The van der Waals surface area contributed by atoms with Gasteiger partial charge in [-0.25, -0.2) is 0 Å². The molecule has 158 valence electrons. The molecule has 1 N–H and O–H groups in total. The molecule has 7 nitrogen and oxygen atoms in total. The molecular weight excluding hydrogens is 360 g/mol. The van der Waals surface area contributed by atoms with Crippen LogP contribution >= 0.6 is 0 Å². The topological polar surface area (TPSA) is 107 Å². The first kappa shape index (κ1) is 23.9. The molecule has 0 unspecified atom stereocenters. The van der Waals surface area contributed by atoms with Crippen molar-refractivity contribution in [2.45, 2.75) is 96.8 Å². The highest BCUT2D eigenvalue weighted by Gasteiger charge is 2.28. The fourth-order valence-corrected chi connectivity index (χ4v) is 3.55. The first-order valence-corrected chi connectivity index (χ1v) is 10.6. The summed E-state index contributed by atoms with van der Waals surface area (Å²) in [5.41, 5.74) is -0.797. The molecule has 0 bridgehead atoms. The van der Waals surface area contributed by atoms with Crippen molar-refractivity contribution in [3.8, 4) is 5.75 Å². The summed E-state index contributed by atoms with van der Waals surface area (Å²) in [5.74, 6) is -0.514. The Morgan fingerprint density at radius 1 is 0.750 bits per heavy atom. The van der Waals surface area contributed by atoms with Gasteiger partial charge in [0.05, 0.1) is 9.85 Å². The molecule has 7 heteroatoms. The summed E-state index contributed by atoms with van der Waals surface area (Å²) >= 11 is 0. The molecule has 0 aromatic heterocycles. The van der Waals surface area contributed by atoms with Crippen molar-refractivity contribution in [2.24, 2.45) is 0 Å². The predicted octanol–water partition coefficient (Wildman–Crippen LogP) is 6.84. The maximum atomic E-state index is 11.2. The second-order valence-electron chi connectivity index (χ2n) is 7.44. The second kappa shape index (κ2) is 13.9. The molecule has 0 fully saturated rings. The van der Waals surface area contributed by atoms with Crippen molar-refractivity contribution < 1.29 is 15.0 Å². The Morgan fingerprint density at radius 3 is 1.64 bits per heavy atom. The quantitative estimate of drug-likeness (QED) is 0.187. The fraction of sp³-hybridized carbons (Fsp3) is 0.714. The van der Waals surface area contributed by atoms with E-state index >= 15 is 0 Å². The molecule has 0 heterocycles. The van der Waals surface area contributed by atoms with E-state index in [2.05, 4.69) is 6.92 Å². The summed E-state index contributed by atoms with van der Waals surface area (Å²) < 4.78 is 0. The summed E-state index contributed by atoms with van der Waals surface area (Å²) in [6.45, 7) is 2.23. The second-order valence-corrected chi connectivity index (χ2v) is 7.44. The van der Waals surface area contributed by atoms with E-state index < -0.39 is 21.3 Å². The molecule has 1 aromatic rings. The lowest BCUT2D eigenvalue weighted by Crippen LogP contribution is -2.02. The number of nitrogens with zero attached hydrogens (tertiary/aromatic N) is 2. The summed E-state index contributed by atoms with van der Waals surface area (Å²) in [6, 6.07) is 2.16. The number of hydrogen-bond acceptors (Lipinski definition) is 5. The third-order valence-corrected chi connectivity index (χ3v) is 5.15. The van der Waals surface area contributed by atoms with E-state index in [9.17, 15) is 25.3 Å². The van der Waals surface area contributed by atoms with Gasteiger partial charge in [0, 0.05) is 6.07 Å². The molecular formula is C21H34N2O5. The number of rotatable bonds is 16. The van der Waals surface area contributed by atoms with E-state index in [4.69, 9.17) is 0 Å². The van der Waals surface area contributed by atoms with Crippen LogP contribution in [-0.2, 0) is 6.42 Å². The number of phenols is 1. The van der Waals surface area contributed by atoms with E-state index in [0.717, 1.165) is 31.4 Å². The molecule has 0 saturated carbocycles. The van der Waals surface area contributed by atoms with Gasteiger partial charge >= 0.3 is 5.69 Å². The van der Waals surface area contributed by atoms with Crippen molar-refractivity contribution >= 4 is 11.4 Å². The van der Waals surface area contributed by atoms with Gasteiger partial charge in [-0.15, -0.1) is 0 Å². The number of phenolic OH excluding ortho intramolecular Hbond substituents is 1. The fourth-order valence-electron chi connectivity index (χ4n) is 3.55. The van der Waals surface area contributed by atoms with Gasteiger partial charge in [-0.3, -0.25) is 20.2 Å². The zero-order valence-electron chi connectivity index (χ0n) is 17.0. The predicted molar refractivity (Wildman–Crippen MR) is 111 cm³/mol. The van der Waals surface area contributed by atoms with Gasteiger partial charge in [-0.05, 0) is 18.9 Å². The maximum Gasteiger partial charge on any atom is 0.320 e. The number of hydrogen-bond donors (Lipinski definition) is 1. The first-order chi connectivity index (χ1) is 13.5. The smallest absolute Gasteiger partial charge is 0.320 e. The standard InChI is InChI=1S/C21H34N2O5/c1-2-3-4-5-6-7-8-9-10-11-12-13-14-15-18-19(22(25)26)16-17-20(24)21(18)23(27)28/h16-17,24H,2-15H2,1H3. The van der Waals surface area contributed by atoms with E-state index in [0.29, 0.717) is 6.42 Å².